The lowest BCUT2D eigenvalue weighted by molar-refractivity contribution is 0.627. The first-order valence-electron chi connectivity index (χ1n) is 5.50. The second-order valence-corrected chi connectivity index (χ2v) is 4.89. The van der Waals surface area contributed by atoms with Crippen LogP contribution in [0.3, 0.4) is 0 Å². The van der Waals surface area contributed by atoms with E-state index in [0.717, 1.165) is 11.1 Å². The number of hydrogen-bond donors (Lipinski definition) is 1. The Kier molecular flexibility index (Phi) is 4.10. The number of aryl methyl sites for hydroxylation is 1. The highest BCUT2D eigenvalue weighted by Gasteiger charge is 2.05. The number of rotatable bonds is 3. The summed E-state index contributed by atoms with van der Waals surface area (Å²) >= 11 is 12.1. The van der Waals surface area contributed by atoms with Gasteiger partial charge in [-0.1, -0.05) is 29.3 Å². The Bertz CT molecular complexity index is 529. The minimum absolute atomic E-state index is 0.261. The van der Waals surface area contributed by atoms with Gasteiger partial charge < -0.3 is 5.32 Å². The van der Waals surface area contributed by atoms with Gasteiger partial charge >= 0.3 is 0 Å². The van der Waals surface area contributed by atoms with Gasteiger partial charge in [0.1, 0.15) is 5.82 Å². The first-order chi connectivity index (χ1) is 8.56. The van der Waals surface area contributed by atoms with Crippen molar-refractivity contribution < 1.29 is 4.39 Å². The molecule has 0 fully saturated rings. The molecule has 2 aromatic rings. The third-order valence-corrected chi connectivity index (χ3v) is 3.28. The second-order valence-electron chi connectivity index (χ2n) is 4.07. The van der Waals surface area contributed by atoms with E-state index in [1.165, 1.54) is 12.1 Å². The van der Waals surface area contributed by atoms with Gasteiger partial charge in [-0.15, -0.1) is 0 Å². The SMILES string of the molecule is Cc1cc(F)cc(NCc2c(Cl)cccc2Cl)c1. The molecule has 0 aliphatic rings. The van der Waals surface area contributed by atoms with Crippen LogP contribution in [0.4, 0.5) is 10.1 Å². The van der Waals surface area contributed by atoms with E-state index in [0.29, 0.717) is 22.3 Å². The summed E-state index contributed by atoms with van der Waals surface area (Å²) in [6.07, 6.45) is 0. The van der Waals surface area contributed by atoms with Crippen molar-refractivity contribution in [3.63, 3.8) is 0 Å². The predicted molar refractivity (Wildman–Crippen MR) is 74.9 cm³/mol. The van der Waals surface area contributed by atoms with Gasteiger partial charge in [0.2, 0.25) is 0 Å². The number of halogens is 3. The highest BCUT2D eigenvalue weighted by atomic mass is 35.5. The van der Waals surface area contributed by atoms with E-state index in [1.807, 2.05) is 13.0 Å². The Hall–Kier alpha value is -1.25. The second kappa shape index (κ2) is 5.59. The highest BCUT2D eigenvalue weighted by molar-refractivity contribution is 6.36. The Morgan fingerprint density at radius 1 is 1.11 bits per heavy atom. The van der Waals surface area contributed by atoms with E-state index in [9.17, 15) is 4.39 Å². The average Bonchev–Trinajstić information content (AvgIpc) is 2.27. The molecule has 0 aliphatic heterocycles. The van der Waals surface area contributed by atoms with Crippen LogP contribution in [0.25, 0.3) is 0 Å². The van der Waals surface area contributed by atoms with Gasteiger partial charge in [0, 0.05) is 27.8 Å². The van der Waals surface area contributed by atoms with Crippen LogP contribution in [0.5, 0.6) is 0 Å². The molecule has 0 aromatic heterocycles. The zero-order valence-corrected chi connectivity index (χ0v) is 11.3. The van der Waals surface area contributed by atoms with Crippen molar-refractivity contribution in [1.82, 2.24) is 0 Å². The lowest BCUT2D eigenvalue weighted by atomic mass is 10.2. The molecule has 94 valence electrons. The average molecular weight is 284 g/mol. The summed E-state index contributed by atoms with van der Waals surface area (Å²) in [5.41, 5.74) is 2.38. The van der Waals surface area contributed by atoms with Gasteiger partial charge in [0.05, 0.1) is 0 Å². The van der Waals surface area contributed by atoms with E-state index >= 15 is 0 Å². The molecule has 2 rings (SSSR count). The summed E-state index contributed by atoms with van der Waals surface area (Å²) < 4.78 is 13.2. The molecule has 1 nitrogen and oxygen atoms in total. The largest absolute Gasteiger partial charge is 0.381 e. The van der Waals surface area contributed by atoms with Crippen molar-refractivity contribution >= 4 is 28.9 Å². The number of hydrogen-bond acceptors (Lipinski definition) is 1. The molecule has 0 spiro atoms. The van der Waals surface area contributed by atoms with Crippen LogP contribution in [0.2, 0.25) is 10.0 Å². The molecule has 2 aromatic carbocycles. The quantitative estimate of drug-likeness (QED) is 0.831. The summed E-state index contributed by atoms with van der Waals surface area (Å²) in [7, 11) is 0. The van der Waals surface area contributed by atoms with Crippen LogP contribution in [-0.4, -0.2) is 0 Å². The summed E-state index contributed by atoms with van der Waals surface area (Å²) in [5.74, 6) is -0.261. The maximum atomic E-state index is 13.2. The van der Waals surface area contributed by atoms with Crippen LogP contribution in [0, 0.1) is 12.7 Å². The van der Waals surface area contributed by atoms with Crippen molar-refractivity contribution in [1.29, 1.82) is 0 Å². The molecular formula is C14H12Cl2FN. The van der Waals surface area contributed by atoms with Crippen molar-refractivity contribution in [2.75, 3.05) is 5.32 Å². The van der Waals surface area contributed by atoms with Gasteiger partial charge in [-0.05, 0) is 42.8 Å². The van der Waals surface area contributed by atoms with Crippen LogP contribution in [-0.2, 0) is 6.54 Å². The molecule has 18 heavy (non-hydrogen) atoms. The number of anilines is 1. The van der Waals surface area contributed by atoms with E-state index in [1.54, 1.807) is 18.2 Å². The zero-order chi connectivity index (χ0) is 13.1. The smallest absolute Gasteiger partial charge is 0.125 e. The van der Waals surface area contributed by atoms with Gasteiger partial charge in [0.25, 0.3) is 0 Å². The summed E-state index contributed by atoms with van der Waals surface area (Å²) in [5, 5.41) is 4.32. The molecule has 0 heterocycles. The monoisotopic (exact) mass is 283 g/mol. The molecule has 0 aliphatic carbocycles. The molecule has 1 N–H and O–H groups in total. The first-order valence-corrected chi connectivity index (χ1v) is 6.26. The summed E-state index contributed by atoms with van der Waals surface area (Å²) in [6.45, 7) is 2.30. The van der Waals surface area contributed by atoms with Crippen LogP contribution in [0.15, 0.2) is 36.4 Å². The predicted octanol–water partition coefficient (Wildman–Crippen LogP) is 5.05. The minimum atomic E-state index is -0.261. The maximum Gasteiger partial charge on any atom is 0.125 e. The standard InChI is InChI=1S/C14H12Cl2FN/c1-9-5-10(17)7-11(6-9)18-8-12-13(15)3-2-4-14(12)16/h2-7,18H,8H2,1H3. The Labute approximate surface area is 116 Å². The third kappa shape index (κ3) is 3.15. The number of benzene rings is 2. The summed E-state index contributed by atoms with van der Waals surface area (Å²) in [4.78, 5) is 0. The molecule has 0 saturated heterocycles. The van der Waals surface area contributed by atoms with Crippen LogP contribution >= 0.6 is 23.2 Å². The van der Waals surface area contributed by atoms with E-state index in [-0.39, 0.29) is 5.82 Å². The van der Waals surface area contributed by atoms with Crippen molar-refractivity contribution in [2.24, 2.45) is 0 Å². The van der Waals surface area contributed by atoms with E-state index in [4.69, 9.17) is 23.2 Å². The minimum Gasteiger partial charge on any atom is -0.381 e. The van der Waals surface area contributed by atoms with Crippen molar-refractivity contribution in [3.05, 3.63) is 63.4 Å². The van der Waals surface area contributed by atoms with Gasteiger partial charge in [-0.25, -0.2) is 4.39 Å². The Balaban J connectivity index is 2.16. The topological polar surface area (TPSA) is 12.0 Å². The highest BCUT2D eigenvalue weighted by Crippen LogP contribution is 2.25. The fourth-order valence-electron chi connectivity index (χ4n) is 1.73. The van der Waals surface area contributed by atoms with Gasteiger partial charge in [0.15, 0.2) is 0 Å². The molecule has 0 atom stereocenters. The maximum absolute atomic E-state index is 13.2. The van der Waals surface area contributed by atoms with E-state index < -0.39 is 0 Å². The van der Waals surface area contributed by atoms with Gasteiger partial charge in [-0.2, -0.15) is 0 Å². The molecule has 4 heteroatoms. The zero-order valence-electron chi connectivity index (χ0n) is 9.81. The lowest BCUT2D eigenvalue weighted by Crippen LogP contribution is -2.01. The molecule has 0 bridgehead atoms. The lowest BCUT2D eigenvalue weighted by Gasteiger charge is -2.10. The summed E-state index contributed by atoms with van der Waals surface area (Å²) in [6, 6.07) is 10.1. The molecule has 0 amide bonds. The molecular weight excluding hydrogens is 272 g/mol. The van der Waals surface area contributed by atoms with Gasteiger partial charge in [-0.3, -0.25) is 0 Å². The van der Waals surface area contributed by atoms with Crippen molar-refractivity contribution in [3.8, 4) is 0 Å². The Morgan fingerprint density at radius 2 is 1.78 bits per heavy atom. The first kappa shape index (κ1) is 13.2. The molecule has 0 radical (unpaired) electrons. The fraction of sp³-hybridized carbons (Fsp3) is 0.143. The van der Waals surface area contributed by atoms with Crippen LogP contribution < -0.4 is 5.32 Å². The normalized spacial score (nSPS) is 10.4. The van der Waals surface area contributed by atoms with Crippen molar-refractivity contribution in [2.45, 2.75) is 13.5 Å². The molecule has 0 saturated carbocycles. The molecule has 0 unspecified atom stereocenters. The third-order valence-electron chi connectivity index (χ3n) is 2.57. The fourth-order valence-corrected chi connectivity index (χ4v) is 2.26. The van der Waals surface area contributed by atoms with Crippen LogP contribution in [0.1, 0.15) is 11.1 Å². The van der Waals surface area contributed by atoms with E-state index in [2.05, 4.69) is 5.32 Å². The Morgan fingerprint density at radius 3 is 2.39 bits per heavy atom. The number of nitrogens with one attached hydrogen (secondary N) is 1.